The Morgan fingerprint density at radius 2 is 0.542 bits per heavy atom. The quantitative estimate of drug-likeness (QED) is 0.159. The van der Waals surface area contributed by atoms with E-state index in [1.165, 1.54) is 83.5 Å². The molecule has 0 atom stereocenters. The zero-order chi connectivity index (χ0) is 54.6. The predicted molar refractivity (Wildman–Crippen MR) is 338 cm³/mol. The van der Waals surface area contributed by atoms with E-state index in [9.17, 15) is 0 Å². The highest BCUT2D eigenvalue weighted by atomic mass is 16.5. The first-order chi connectivity index (χ1) is 41.1. The number of ether oxygens (including phenoxy) is 2. The minimum Gasteiger partial charge on any atom is -0.457 e. The second kappa shape index (κ2) is 18.4. The van der Waals surface area contributed by atoms with Crippen LogP contribution in [0.5, 0.6) is 23.0 Å². The Kier molecular flexibility index (Phi) is 10.4. The molecule has 17 rings (SSSR count). The molecule has 0 saturated heterocycles. The number of para-hydroxylation sites is 4. The second-order valence-corrected chi connectivity index (χ2v) is 22.2. The smallest absolute Gasteiger partial charge is 0.132 e. The Balaban J connectivity index is 0.772. The van der Waals surface area contributed by atoms with E-state index in [-0.39, 0.29) is 0 Å². The third-order valence-electron chi connectivity index (χ3n) is 18.0. The molecule has 4 aliphatic rings. The van der Waals surface area contributed by atoms with Gasteiger partial charge in [0, 0.05) is 39.3 Å². The molecule has 0 fully saturated rings. The average Bonchev–Trinajstić information content (AvgIpc) is 1.64. The van der Waals surface area contributed by atoms with Gasteiger partial charge in [-0.15, -0.1) is 0 Å². The van der Waals surface area contributed by atoms with E-state index >= 15 is 0 Å². The van der Waals surface area contributed by atoms with Crippen molar-refractivity contribution in [1.29, 1.82) is 0 Å². The van der Waals surface area contributed by atoms with E-state index in [0.717, 1.165) is 67.9 Å². The van der Waals surface area contributed by atoms with E-state index in [1.807, 2.05) is 0 Å². The molecule has 2 heterocycles. The summed E-state index contributed by atoms with van der Waals surface area (Å²) < 4.78 is 13.3. The van der Waals surface area contributed by atoms with Crippen LogP contribution in [0.25, 0.3) is 66.8 Å². The molecular formula is C80H51NO2. The van der Waals surface area contributed by atoms with Crippen molar-refractivity contribution in [2.45, 2.75) is 10.8 Å². The van der Waals surface area contributed by atoms with Gasteiger partial charge in [-0.2, -0.15) is 0 Å². The summed E-state index contributed by atoms with van der Waals surface area (Å²) >= 11 is 0. The number of anilines is 3. The van der Waals surface area contributed by atoms with Gasteiger partial charge in [0.2, 0.25) is 0 Å². The zero-order valence-corrected chi connectivity index (χ0v) is 45.2. The number of rotatable bonds is 7. The van der Waals surface area contributed by atoms with E-state index in [1.54, 1.807) is 0 Å². The molecule has 0 amide bonds. The summed E-state index contributed by atoms with van der Waals surface area (Å²) in [6, 6.07) is 113. The molecule has 13 aromatic carbocycles. The molecule has 0 radical (unpaired) electrons. The van der Waals surface area contributed by atoms with Crippen LogP contribution >= 0.6 is 0 Å². The highest BCUT2D eigenvalue weighted by Crippen LogP contribution is 2.65. The fraction of sp³-hybridized carbons (Fsp3) is 0.0250. The predicted octanol–water partition coefficient (Wildman–Crippen LogP) is 20.8. The van der Waals surface area contributed by atoms with Crippen molar-refractivity contribution < 1.29 is 9.47 Å². The lowest BCUT2D eigenvalue weighted by molar-refractivity contribution is 0.436. The van der Waals surface area contributed by atoms with Crippen molar-refractivity contribution in [3.05, 3.63) is 354 Å². The van der Waals surface area contributed by atoms with Crippen LogP contribution in [-0.4, -0.2) is 0 Å². The van der Waals surface area contributed by atoms with E-state index in [0.29, 0.717) is 0 Å². The van der Waals surface area contributed by atoms with Gasteiger partial charge in [0.1, 0.15) is 23.0 Å². The Morgan fingerprint density at radius 3 is 1.07 bits per heavy atom. The molecule has 388 valence electrons. The molecule has 3 nitrogen and oxygen atoms in total. The Hall–Kier alpha value is -10.7. The van der Waals surface area contributed by atoms with Gasteiger partial charge in [-0.1, -0.05) is 237 Å². The SMILES string of the molecule is c1ccc(-c2cccc(-c3ccc(N(c4ccc(-c5ccc6c(c5)-c5ccccc5C65c6ccccc6Oc6ccccc65)cc4)c4ccc(-c5cccc6c5-c5ccccc5C65c6ccccc6Oc6ccccc65)cc4)cc3)c2)cc1. The van der Waals surface area contributed by atoms with Crippen molar-refractivity contribution in [3.8, 4) is 89.8 Å². The Morgan fingerprint density at radius 1 is 0.205 bits per heavy atom. The molecule has 13 aromatic rings. The summed E-state index contributed by atoms with van der Waals surface area (Å²) in [5.41, 5.74) is 26.3. The molecular weight excluding hydrogens is 1010 g/mol. The van der Waals surface area contributed by atoms with Gasteiger partial charge in [-0.05, 0) is 162 Å². The number of hydrogen-bond acceptors (Lipinski definition) is 3. The Labute approximate surface area is 483 Å². The summed E-state index contributed by atoms with van der Waals surface area (Å²) in [5.74, 6) is 3.58. The van der Waals surface area contributed by atoms with Crippen LogP contribution < -0.4 is 14.4 Å². The maximum absolute atomic E-state index is 6.66. The normalized spacial score (nSPS) is 13.7. The maximum Gasteiger partial charge on any atom is 0.132 e. The Bertz CT molecular complexity index is 4640. The van der Waals surface area contributed by atoms with Crippen LogP contribution in [0.1, 0.15) is 44.5 Å². The van der Waals surface area contributed by atoms with E-state index in [2.05, 4.69) is 314 Å². The standard InChI is InChI=1S/C80H51NO2/c1-2-18-52(19-3-1)56-20-16-21-57(50-56)53-36-43-59(44-37-53)81(60-45-38-54(39-46-60)58-42-49-68-65(51-58)63-22-4-6-25-66(63)79(68)69-27-8-12-32-74(69)82-75-33-13-9-28-70(75)79)61-47-40-55(41-48-61)62-24-17-31-73-78(62)64-23-5-7-26-67(64)80(73)71-29-10-14-34-76(71)83-77-35-15-11-30-72(77)80/h1-51H. The first-order valence-electron chi connectivity index (χ1n) is 28.6. The summed E-state index contributed by atoms with van der Waals surface area (Å²) in [4.78, 5) is 2.38. The molecule has 0 unspecified atom stereocenters. The fourth-order valence-electron chi connectivity index (χ4n) is 14.5. The number of benzene rings is 13. The van der Waals surface area contributed by atoms with E-state index in [4.69, 9.17) is 9.47 Å². The van der Waals surface area contributed by atoms with Crippen LogP contribution in [-0.2, 0) is 10.8 Å². The van der Waals surface area contributed by atoms with Crippen LogP contribution in [0.15, 0.2) is 309 Å². The fourth-order valence-corrected chi connectivity index (χ4v) is 14.5. The summed E-state index contributed by atoms with van der Waals surface area (Å²) in [5, 5.41) is 0. The molecule has 0 saturated carbocycles. The van der Waals surface area contributed by atoms with Gasteiger partial charge in [0.15, 0.2) is 0 Å². The monoisotopic (exact) mass is 1060 g/mol. The number of nitrogens with zero attached hydrogens (tertiary/aromatic N) is 1. The molecule has 0 aromatic heterocycles. The lowest BCUT2D eigenvalue weighted by atomic mass is 9.66. The minimum absolute atomic E-state index is 0.507. The number of fused-ring (bicyclic) bond motifs is 18. The van der Waals surface area contributed by atoms with Crippen LogP contribution in [0.3, 0.4) is 0 Å². The van der Waals surface area contributed by atoms with Gasteiger partial charge in [-0.3, -0.25) is 0 Å². The molecule has 2 aliphatic heterocycles. The minimum atomic E-state index is -0.541. The van der Waals surface area contributed by atoms with Crippen molar-refractivity contribution >= 4 is 17.1 Å². The van der Waals surface area contributed by atoms with Gasteiger partial charge in [0.05, 0.1) is 10.8 Å². The van der Waals surface area contributed by atoms with Crippen molar-refractivity contribution in [1.82, 2.24) is 0 Å². The van der Waals surface area contributed by atoms with Crippen molar-refractivity contribution in [3.63, 3.8) is 0 Å². The summed E-state index contributed by atoms with van der Waals surface area (Å²) in [6.07, 6.45) is 0. The van der Waals surface area contributed by atoms with Gasteiger partial charge in [-0.25, -0.2) is 0 Å². The third kappa shape index (κ3) is 6.92. The average molecular weight is 1060 g/mol. The summed E-state index contributed by atoms with van der Waals surface area (Å²) in [7, 11) is 0. The van der Waals surface area contributed by atoms with Gasteiger partial charge >= 0.3 is 0 Å². The molecule has 83 heavy (non-hydrogen) atoms. The van der Waals surface area contributed by atoms with E-state index < -0.39 is 10.8 Å². The molecule has 3 heteroatoms. The van der Waals surface area contributed by atoms with Crippen molar-refractivity contribution in [2.75, 3.05) is 4.90 Å². The summed E-state index contributed by atoms with van der Waals surface area (Å²) in [6.45, 7) is 0. The van der Waals surface area contributed by atoms with Gasteiger partial charge < -0.3 is 14.4 Å². The highest BCUT2D eigenvalue weighted by molar-refractivity contribution is 5.97. The molecule has 2 aliphatic carbocycles. The third-order valence-corrected chi connectivity index (χ3v) is 18.0. The lowest BCUT2D eigenvalue weighted by Crippen LogP contribution is -2.32. The highest BCUT2D eigenvalue weighted by Gasteiger charge is 2.53. The topological polar surface area (TPSA) is 21.7 Å². The number of hydrogen-bond donors (Lipinski definition) is 0. The second-order valence-electron chi connectivity index (χ2n) is 22.2. The molecule has 2 spiro atoms. The lowest BCUT2D eigenvalue weighted by Gasteiger charge is -2.39. The van der Waals surface area contributed by atoms with Gasteiger partial charge in [0.25, 0.3) is 0 Å². The molecule has 0 bridgehead atoms. The van der Waals surface area contributed by atoms with Crippen LogP contribution in [0.2, 0.25) is 0 Å². The van der Waals surface area contributed by atoms with Crippen LogP contribution in [0, 0.1) is 0 Å². The first-order valence-corrected chi connectivity index (χ1v) is 28.6. The largest absolute Gasteiger partial charge is 0.457 e. The molecule has 0 N–H and O–H groups in total. The first kappa shape index (κ1) is 47.1. The zero-order valence-electron chi connectivity index (χ0n) is 45.2. The van der Waals surface area contributed by atoms with Crippen LogP contribution in [0.4, 0.5) is 17.1 Å². The van der Waals surface area contributed by atoms with Crippen molar-refractivity contribution in [2.24, 2.45) is 0 Å². The maximum atomic E-state index is 6.66.